The lowest BCUT2D eigenvalue weighted by Gasteiger charge is -2.43. The summed E-state index contributed by atoms with van der Waals surface area (Å²) in [5.74, 6) is -2.11. The Labute approximate surface area is 190 Å². The van der Waals surface area contributed by atoms with Gasteiger partial charge in [0.2, 0.25) is 0 Å². The van der Waals surface area contributed by atoms with Gasteiger partial charge < -0.3 is 24.1 Å². The molecule has 2 saturated carbocycles. The number of carbonyl (C=O) groups is 4. The van der Waals surface area contributed by atoms with Crippen molar-refractivity contribution < 1.29 is 43.2 Å². The SMILES string of the molecule is C/C1=C\C(=O)OC[C@@]2(O)[C@@H]3CC4=C(COC(=O)CCC(=O)OC1)C(=O)OC4=C[C@@]3(C)[C@@H]1C[C@@H]12. The van der Waals surface area contributed by atoms with Crippen molar-refractivity contribution in [2.75, 3.05) is 19.8 Å². The summed E-state index contributed by atoms with van der Waals surface area (Å²) < 4.78 is 21.2. The Morgan fingerprint density at radius 2 is 1.67 bits per heavy atom. The Morgan fingerprint density at radius 1 is 0.970 bits per heavy atom. The van der Waals surface area contributed by atoms with Crippen LogP contribution in [0.1, 0.15) is 39.5 Å². The van der Waals surface area contributed by atoms with Crippen molar-refractivity contribution in [3.63, 3.8) is 0 Å². The smallest absolute Gasteiger partial charge is 0.343 e. The van der Waals surface area contributed by atoms with Gasteiger partial charge in [0.25, 0.3) is 0 Å². The van der Waals surface area contributed by atoms with Gasteiger partial charge in [0.1, 0.15) is 31.2 Å². The number of carbonyl (C=O) groups excluding carboxylic acids is 4. The number of fused-ring (bicyclic) bond motifs is 3. The fourth-order valence-electron chi connectivity index (χ4n) is 5.94. The van der Waals surface area contributed by atoms with Gasteiger partial charge in [0.05, 0.1) is 18.4 Å². The van der Waals surface area contributed by atoms with Crippen LogP contribution in [0.25, 0.3) is 0 Å². The summed E-state index contributed by atoms with van der Waals surface area (Å²) >= 11 is 0. The molecule has 0 spiro atoms. The summed E-state index contributed by atoms with van der Waals surface area (Å²) in [6.45, 7) is 3.10. The van der Waals surface area contributed by atoms with Gasteiger partial charge in [-0.1, -0.05) is 6.92 Å². The highest BCUT2D eigenvalue weighted by Gasteiger charge is 2.73. The molecule has 0 saturated heterocycles. The van der Waals surface area contributed by atoms with Crippen LogP contribution in [0.2, 0.25) is 0 Å². The van der Waals surface area contributed by atoms with Crippen molar-refractivity contribution in [1.82, 2.24) is 0 Å². The third kappa shape index (κ3) is 3.58. The van der Waals surface area contributed by atoms with Crippen molar-refractivity contribution in [2.24, 2.45) is 23.2 Å². The summed E-state index contributed by atoms with van der Waals surface area (Å²) in [6, 6.07) is 0. The standard InChI is InChI=1S/C24H26O9/c1-12-5-21(27)32-11-24(29)16-7-15(16)23(2)8-17-13(6-18(23)24)14(22(28)33-17)10-31-20(26)4-3-19(25)30-9-12/h5,8,15-16,18,29H,3-4,6-7,9-11H2,1-2H3/b12-5+/t15-,16+,18-,23+,24+/m1/s1. The zero-order valence-corrected chi connectivity index (χ0v) is 18.5. The number of rotatable bonds is 0. The van der Waals surface area contributed by atoms with E-state index < -0.39 is 34.9 Å². The Morgan fingerprint density at radius 3 is 2.39 bits per heavy atom. The van der Waals surface area contributed by atoms with Crippen molar-refractivity contribution >= 4 is 23.9 Å². The second kappa shape index (κ2) is 7.55. The van der Waals surface area contributed by atoms with Gasteiger partial charge in [-0.3, -0.25) is 9.59 Å². The van der Waals surface area contributed by atoms with Crippen LogP contribution in [-0.4, -0.2) is 54.4 Å². The number of aliphatic hydroxyl groups is 1. The van der Waals surface area contributed by atoms with Crippen molar-refractivity contribution in [2.45, 2.75) is 45.1 Å². The van der Waals surface area contributed by atoms with E-state index in [0.717, 1.165) is 6.42 Å². The summed E-state index contributed by atoms with van der Waals surface area (Å²) in [4.78, 5) is 48.9. The predicted molar refractivity (Wildman–Crippen MR) is 110 cm³/mol. The first-order chi connectivity index (χ1) is 15.6. The number of hydrogen-bond donors (Lipinski definition) is 1. The first-order valence-corrected chi connectivity index (χ1v) is 11.2. The molecule has 0 aromatic carbocycles. The second-order valence-corrected chi connectivity index (χ2v) is 9.84. The van der Waals surface area contributed by atoms with Crippen LogP contribution >= 0.6 is 0 Å². The maximum atomic E-state index is 12.5. The van der Waals surface area contributed by atoms with Gasteiger partial charge in [0, 0.05) is 17.6 Å². The van der Waals surface area contributed by atoms with Crippen LogP contribution in [0, 0.1) is 23.2 Å². The minimum Gasteiger partial charge on any atom is -0.461 e. The van der Waals surface area contributed by atoms with Gasteiger partial charge in [0.15, 0.2) is 0 Å². The zero-order chi connectivity index (χ0) is 23.5. The van der Waals surface area contributed by atoms with E-state index in [4.69, 9.17) is 18.9 Å². The van der Waals surface area contributed by atoms with E-state index in [-0.39, 0.29) is 56.0 Å². The predicted octanol–water partition coefficient (Wildman–Crippen LogP) is 1.50. The Balaban J connectivity index is 1.48. The fourth-order valence-corrected chi connectivity index (χ4v) is 5.94. The van der Waals surface area contributed by atoms with E-state index in [1.807, 2.05) is 13.0 Å². The molecule has 9 nitrogen and oxygen atoms in total. The van der Waals surface area contributed by atoms with Gasteiger partial charge in [-0.2, -0.15) is 0 Å². The van der Waals surface area contributed by atoms with Gasteiger partial charge in [-0.25, -0.2) is 9.59 Å². The summed E-state index contributed by atoms with van der Waals surface area (Å²) in [5.41, 5.74) is -0.336. The van der Waals surface area contributed by atoms with Gasteiger partial charge in [-0.05, 0) is 48.7 Å². The number of allylic oxidation sites excluding steroid dienone is 2. The number of esters is 4. The first kappa shape index (κ1) is 21.9. The number of cyclic esters (lactones) is 3. The maximum absolute atomic E-state index is 12.5. The molecule has 5 atom stereocenters. The van der Waals surface area contributed by atoms with Crippen LogP contribution < -0.4 is 0 Å². The molecular formula is C24H26O9. The van der Waals surface area contributed by atoms with Crippen LogP contribution in [0.3, 0.4) is 0 Å². The minimum atomic E-state index is -1.25. The molecule has 5 rings (SSSR count). The third-order valence-corrected chi connectivity index (χ3v) is 7.73. The molecular weight excluding hydrogens is 432 g/mol. The molecule has 176 valence electrons. The molecule has 0 amide bonds. The largest absolute Gasteiger partial charge is 0.461 e. The summed E-state index contributed by atoms with van der Waals surface area (Å²) in [6.07, 6.45) is 3.90. The lowest BCUT2D eigenvalue weighted by Crippen LogP contribution is -2.48. The Hall–Kier alpha value is -2.94. The Bertz CT molecular complexity index is 1050. The quantitative estimate of drug-likeness (QED) is 0.424. The van der Waals surface area contributed by atoms with Crippen LogP contribution in [0.4, 0.5) is 0 Å². The van der Waals surface area contributed by atoms with Crippen LogP contribution in [-0.2, 0) is 38.1 Å². The molecule has 9 heteroatoms. The molecule has 0 unspecified atom stereocenters. The average molecular weight is 458 g/mol. The molecule has 0 aromatic heterocycles. The Kier molecular flexibility index (Phi) is 5.00. The fraction of sp³-hybridized carbons (Fsp3) is 0.583. The zero-order valence-electron chi connectivity index (χ0n) is 18.5. The number of ether oxygens (including phenoxy) is 4. The van der Waals surface area contributed by atoms with Crippen molar-refractivity contribution in [1.29, 1.82) is 0 Å². The molecule has 2 aliphatic heterocycles. The molecule has 33 heavy (non-hydrogen) atoms. The second-order valence-electron chi connectivity index (χ2n) is 9.84. The molecule has 3 aliphatic carbocycles. The van der Waals surface area contributed by atoms with E-state index >= 15 is 0 Å². The van der Waals surface area contributed by atoms with Crippen molar-refractivity contribution in [3.05, 3.63) is 34.6 Å². The third-order valence-electron chi connectivity index (χ3n) is 7.73. The molecule has 2 bridgehead atoms. The lowest BCUT2D eigenvalue weighted by atomic mass is 9.64. The van der Waals surface area contributed by atoms with E-state index in [1.165, 1.54) is 6.08 Å². The van der Waals surface area contributed by atoms with E-state index in [0.29, 0.717) is 23.3 Å². The lowest BCUT2D eigenvalue weighted by molar-refractivity contribution is -0.153. The molecule has 0 aromatic rings. The molecule has 2 heterocycles. The van der Waals surface area contributed by atoms with Crippen LogP contribution in [0.5, 0.6) is 0 Å². The molecule has 5 aliphatic rings. The molecule has 1 N–H and O–H groups in total. The highest BCUT2D eigenvalue weighted by molar-refractivity contribution is 5.95. The summed E-state index contributed by atoms with van der Waals surface area (Å²) in [5, 5.41) is 11.7. The monoisotopic (exact) mass is 458 g/mol. The molecule has 0 radical (unpaired) electrons. The van der Waals surface area contributed by atoms with E-state index in [2.05, 4.69) is 0 Å². The molecule has 2 fully saturated rings. The number of hydrogen-bond acceptors (Lipinski definition) is 9. The van der Waals surface area contributed by atoms with E-state index in [9.17, 15) is 24.3 Å². The summed E-state index contributed by atoms with van der Waals surface area (Å²) in [7, 11) is 0. The highest BCUT2D eigenvalue weighted by atomic mass is 16.6. The average Bonchev–Trinajstić information content (AvgIpc) is 3.49. The highest BCUT2D eigenvalue weighted by Crippen LogP contribution is 2.72. The van der Waals surface area contributed by atoms with Gasteiger partial charge >= 0.3 is 23.9 Å². The van der Waals surface area contributed by atoms with Crippen molar-refractivity contribution in [3.8, 4) is 0 Å². The normalized spacial score (nSPS) is 40.3. The maximum Gasteiger partial charge on any atom is 0.343 e. The minimum absolute atomic E-state index is 0.0230. The topological polar surface area (TPSA) is 125 Å². The first-order valence-electron chi connectivity index (χ1n) is 11.2. The van der Waals surface area contributed by atoms with E-state index in [1.54, 1.807) is 6.92 Å². The van der Waals surface area contributed by atoms with Gasteiger partial charge in [-0.15, -0.1) is 0 Å². The van der Waals surface area contributed by atoms with Crippen LogP contribution in [0.15, 0.2) is 34.6 Å².